The zero-order valence-corrected chi connectivity index (χ0v) is 19.5. The average molecular weight is 493 g/mol. The highest BCUT2D eigenvalue weighted by Gasteiger charge is 2.46. The molecule has 0 aliphatic carbocycles. The van der Waals surface area contributed by atoms with Crippen LogP contribution in [0.1, 0.15) is 34.8 Å². The van der Waals surface area contributed by atoms with Gasteiger partial charge in [0.1, 0.15) is 11.5 Å². The highest BCUT2D eigenvalue weighted by atomic mass is 32.1. The number of nitrogens with zero attached hydrogens (tertiary/aromatic N) is 2. The Balaban J connectivity index is 1.66. The number of hydrogen-bond donors (Lipinski definition) is 3. The second-order valence-corrected chi connectivity index (χ2v) is 8.90. The number of thiazole rings is 1. The standard InChI is InChI=1S/C25H20N2O7S/c1-3-33-14-6-7-15-19(11-14)35-25(26-15)27-21(13-5-8-16(28)17(29)10-13)20(23(31)24(27)32)22(30)18-9-4-12(2)34-18/h4-11,21,28-29,31H,3H2,1-2H3. The van der Waals surface area contributed by atoms with E-state index in [0.717, 1.165) is 4.70 Å². The zero-order chi connectivity index (χ0) is 24.9. The first-order valence-electron chi connectivity index (χ1n) is 10.7. The van der Waals surface area contributed by atoms with Crippen LogP contribution in [0.25, 0.3) is 10.2 Å². The van der Waals surface area contributed by atoms with Gasteiger partial charge in [0.2, 0.25) is 5.78 Å². The molecule has 3 heterocycles. The number of ketones is 1. The number of fused-ring (bicyclic) bond motifs is 1. The molecule has 5 rings (SSSR count). The number of rotatable bonds is 6. The van der Waals surface area contributed by atoms with Gasteiger partial charge in [-0.2, -0.15) is 0 Å². The SMILES string of the molecule is CCOc1ccc2nc(N3C(=O)C(O)=C(C(=O)c4ccc(C)o4)C3c3ccc(O)c(O)c3)sc2c1. The van der Waals surface area contributed by atoms with Gasteiger partial charge in [-0.1, -0.05) is 17.4 Å². The number of aliphatic hydroxyl groups is 1. The molecule has 1 aliphatic heterocycles. The number of hydrogen-bond acceptors (Lipinski definition) is 9. The number of anilines is 1. The van der Waals surface area contributed by atoms with Crippen molar-refractivity contribution in [2.24, 2.45) is 0 Å². The molecule has 178 valence electrons. The Morgan fingerprint density at radius 1 is 1.11 bits per heavy atom. The van der Waals surface area contributed by atoms with E-state index in [9.17, 15) is 24.9 Å². The summed E-state index contributed by atoms with van der Waals surface area (Å²) < 4.78 is 11.7. The molecular weight excluding hydrogens is 472 g/mol. The van der Waals surface area contributed by atoms with Gasteiger partial charge in [-0.15, -0.1) is 0 Å². The minimum atomic E-state index is -1.13. The van der Waals surface area contributed by atoms with Gasteiger partial charge in [0, 0.05) is 0 Å². The summed E-state index contributed by atoms with van der Waals surface area (Å²) >= 11 is 1.19. The average Bonchev–Trinajstić information content (AvgIpc) is 3.51. The number of benzene rings is 2. The number of phenolic OH excluding ortho intramolecular Hbond substituents is 2. The van der Waals surface area contributed by atoms with Crippen molar-refractivity contribution in [2.45, 2.75) is 19.9 Å². The first-order chi connectivity index (χ1) is 16.8. The van der Waals surface area contributed by atoms with Crippen LogP contribution in [0.3, 0.4) is 0 Å². The summed E-state index contributed by atoms with van der Waals surface area (Å²) in [7, 11) is 0. The number of aryl methyl sites for hydroxylation is 1. The molecule has 2 aromatic carbocycles. The normalized spacial score (nSPS) is 15.9. The summed E-state index contributed by atoms with van der Waals surface area (Å²) in [5.74, 6) is -1.95. The third-order valence-electron chi connectivity index (χ3n) is 5.60. The molecule has 2 aromatic heterocycles. The highest BCUT2D eigenvalue weighted by Crippen LogP contribution is 2.45. The predicted octanol–water partition coefficient (Wildman–Crippen LogP) is 4.79. The van der Waals surface area contributed by atoms with Crippen LogP contribution in [0.2, 0.25) is 0 Å². The highest BCUT2D eigenvalue weighted by molar-refractivity contribution is 7.22. The van der Waals surface area contributed by atoms with E-state index < -0.39 is 29.2 Å². The number of aromatic nitrogens is 1. The first-order valence-corrected chi connectivity index (χ1v) is 11.5. The summed E-state index contributed by atoms with van der Waals surface area (Å²) in [6, 6.07) is 11.2. The number of carbonyl (C=O) groups excluding carboxylic acids is 2. The first kappa shape index (κ1) is 22.5. The fourth-order valence-corrected chi connectivity index (χ4v) is 5.02. The Kier molecular flexibility index (Phi) is 5.45. The van der Waals surface area contributed by atoms with Gasteiger partial charge in [-0.3, -0.25) is 14.5 Å². The Morgan fingerprint density at radius 2 is 1.91 bits per heavy atom. The zero-order valence-electron chi connectivity index (χ0n) is 18.7. The Hall–Kier alpha value is -4.31. The van der Waals surface area contributed by atoms with Crippen molar-refractivity contribution >= 4 is 38.4 Å². The lowest BCUT2D eigenvalue weighted by atomic mass is 9.95. The molecular formula is C25H20N2O7S. The maximum atomic E-state index is 13.4. The number of aliphatic hydroxyl groups excluding tert-OH is 1. The van der Waals surface area contributed by atoms with Gasteiger partial charge in [0.15, 0.2) is 28.1 Å². The summed E-state index contributed by atoms with van der Waals surface area (Å²) in [5.41, 5.74) is 0.678. The molecule has 1 atom stereocenters. The molecule has 1 aliphatic rings. The van der Waals surface area contributed by atoms with E-state index in [1.807, 2.05) is 6.92 Å². The van der Waals surface area contributed by atoms with Crippen LogP contribution >= 0.6 is 11.3 Å². The molecule has 3 N–H and O–H groups in total. The Morgan fingerprint density at radius 3 is 2.60 bits per heavy atom. The monoisotopic (exact) mass is 492 g/mol. The minimum absolute atomic E-state index is 0.0441. The summed E-state index contributed by atoms with van der Waals surface area (Å²) in [6.45, 7) is 4.03. The summed E-state index contributed by atoms with van der Waals surface area (Å²) in [4.78, 5) is 32.4. The van der Waals surface area contributed by atoms with Crippen LogP contribution in [-0.2, 0) is 4.79 Å². The molecule has 4 aromatic rings. The smallest absolute Gasteiger partial charge is 0.296 e. The second kappa shape index (κ2) is 8.48. The second-order valence-electron chi connectivity index (χ2n) is 7.89. The fourth-order valence-electron chi connectivity index (χ4n) is 4.00. The summed E-state index contributed by atoms with van der Waals surface area (Å²) in [5, 5.41) is 31.0. The number of amides is 1. The fraction of sp³-hybridized carbons (Fsp3) is 0.160. The molecule has 0 saturated carbocycles. The molecule has 1 unspecified atom stereocenters. The van der Waals surface area contributed by atoms with Crippen molar-refractivity contribution in [2.75, 3.05) is 11.5 Å². The van der Waals surface area contributed by atoms with Gasteiger partial charge >= 0.3 is 0 Å². The van der Waals surface area contributed by atoms with E-state index >= 15 is 0 Å². The molecule has 35 heavy (non-hydrogen) atoms. The molecule has 10 heteroatoms. The van der Waals surface area contributed by atoms with Gasteiger partial charge < -0.3 is 24.5 Å². The lowest BCUT2D eigenvalue weighted by Gasteiger charge is -2.24. The van der Waals surface area contributed by atoms with Gasteiger partial charge in [0.25, 0.3) is 5.91 Å². The number of furan rings is 1. The number of Topliss-reactive ketones (excluding diaryl/α,β-unsaturated/α-hetero) is 1. The summed E-state index contributed by atoms with van der Waals surface area (Å²) in [6.07, 6.45) is 0. The largest absolute Gasteiger partial charge is 0.504 e. The van der Waals surface area contributed by atoms with E-state index in [1.54, 1.807) is 31.2 Å². The molecule has 0 saturated heterocycles. The number of ether oxygens (including phenoxy) is 1. The van der Waals surface area contributed by atoms with Crippen LogP contribution in [0.5, 0.6) is 17.2 Å². The van der Waals surface area contributed by atoms with Crippen molar-refractivity contribution < 1.29 is 34.1 Å². The molecule has 9 nitrogen and oxygen atoms in total. The van der Waals surface area contributed by atoms with Gasteiger partial charge in [-0.25, -0.2) is 4.98 Å². The van der Waals surface area contributed by atoms with Crippen molar-refractivity contribution in [1.82, 2.24) is 4.98 Å². The maximum Gasteiger partial charge on any atom is 0.296 e. The van der Waals surface area contributed by atoms with Crippen molar-refractivity contribution in [3.63, 3.8) is 0 Å². The van der Waals surface area contributed by atoms with Crippen molar-refractivity contribution in [3.8, 4) is 17.2 Å². The van der Waals surface area contributed by atoms with Crippen LogP contribution in [0.15, 0.2) is 64.3 Å². The molecule has 0 bridgehead atoms. The molecule has 0 fully saturated rings. The van der Waals surface area contributed by atoms with E-state index in [2.05, 4.69) is 4.98 Å². The van der Waals surface area contributed by atoms with E-state index in [4.69, 9.17) is 9.15 Å². The van der Waals surface area contributed by atoms with Crippen LogP contribution in [0.4, 0.5) is 5.13 Å². The minimum Gasteiger partial charge on any atom is -0.504 e. The molecule has 0 spiro atoms. The van der Waals surface area contributed by atoms with Crippen molar-refractivity contribution in [3.05, 3.63) is 76.9 Å². The van der Waals surface area contributed by atoms with Gasteiger partial charge in [-0.05, 0) is 61.9 Å². The third kappa shape index (κ3) is 3.77. The van der Waals surface area contributed by atoms with Crippen molar-refractivity contribution in [1.29, 1.82) is 0 Å². The topological polar surface area (TPSA) is 133 Å². The van der Waals surface area contributed by atoms with Crippen LogP contribution in [-0.4, -0.2) is 38.6 Å². The van der Waals surface area contributed by atoms with Crippen LogP contribution in [0, 0.1) is 6.92 Å². The van der Waals surface area contributed by atoms with E-state index in [1.165, 1.54) is 40.5 Å². The quantitative estimate of drug-likeness (QED) is 0.258. The van der Waals surface area contributed by atoms with E-state index in [-0.39, 0.29) is 22.2 Å². The number of carbonyl (C=O) groups is 2. The van der Waals surface area contributed by atoms with E-state index in [0.29, 0.717) is 29.2 Å². The number of aromatic hydroxyl groups is 2. The van der Waals surface area contributed by atoms with Crippen LogP contribution < -0.4 is 9.64 Å². The van der Waals surface area contributed by atoms with Gasteiger partial charge in [0.05, 0.1) is 28.4 Å². The lowest BCUT2D eigenvalue weighted by Crippen LogP contribution is -2.30. The predicted molar refractivity (Wildman–Crippen MR) is 128 cm³/mol. The lowest BCUT2D eigenvalue weighted by molar-refractivity contribution is -0.117. The number of phenols is 2. The third-order valence-corrected chi connectivity index (χ3v) is 6.62. The molecule has 1 amide bonds. The Labute approximate surface area is 203 Å². The molecule has 0 radical (unpaired) electrons. The maximum absolute atomic E-state index is 13.4. The Bertz CT molecular complexity index is 1520.